The van der Waals surface area contributed by atoms with Crippen LogP contribution in [0.1, 0.15) is 26.2 Å². The van der Waals surface area contributed by atoms with E-state index in [9.17, 15) is 4.79 Å². The molecule has 1 aliphatic heterocycles. The van der Waals surface area contributed by atoms with Crippen molar-refractivity contribution in [2.75, 3.05) is 0 Å². The second-order valence-electron chi connectivity index (χ2n) is 2.81. The molecule has 0 aromatic carbocycles. The van der Waals surface area contributed by atoms with E-state index in [1.807, 2.05) is 6.08 Å². The highest BCUT2D eigenvalue weighted by atomic mass is 16.1. The van der Waals surface area contributed by atoms with Gasteiger partial charge in [-0.25, -0.2) is 0 Å². The van der Waals surface area contributed by atoms with Crippen molar-refractivity contribution in [1.82, 2.24) is 0 Å². The van der Waals surface area contributed by atoms with E-state index in [2.05, 4.69) is 11.6 Å². The molecule has 2 heteroatoms. The summed E-state index contributed by atoms with van der Waals surface area (Å²) in [5.74, 6) is 0.179. The molecule has 0 N–H and O–H groups in total. The Labute approximate surface area is 67.0 Å². The maximum absolute atomic E-state index is 10.7. The number of carbonyl (C=O) groups is 1. The number of hydrogen-bond donors (Lipinski definition) is 0. The molecular formula is C9H13NO. The summed E-state index contributed by atoms with van der Waals surface area (Å²) in [4.78, 5) is 14.8. The third kappa shape index (κ3) is 2.30. The summed E-state index contributed by atoms with van der Waals surface area (Å²) >= 11 is 0. The summed E-state index contributed by atoms with van der Waals surface area (Å²) in [6.45, 7) is 5.22. The Bertz CT molecular complexity index is 206. The number of unbranched alkanes of at least 4 members (excludes halogenated alkanes) is 1. The third-order valence-electron chi connectivity index (χ3n) is 1.77. The fraction of sp³-hybridized carbons (Fsp3) is 0.556. The molecule has 1 aliphatic rings. The maximum atomic E-state index is 10.7. The van der Waals surface area contributed by atoms with Gasteiger partial charge >= 0.3 is 0 Å². The molecule has 0 amide bonds. The van der Waals surface area contributed by atoms with Crippen molar-refractivity contribution in [3.05, 3.63) is 12.7 Å². The number of allylic oxidation sites excluding steroid dienone is 1. The number of ketones is 1. The Kier molecular flexibility index (Phi) is 2.58. The van der Waals surface area contributed by atoms with Gasteiger partial charge in [0.1, 0.15) is 6.04 Å². The summed E-state index contributed by atoms with van der Waals surface area (Å²) < 4.78 is 0. The van der Waals surface area contributed by atoms with Crippen LogP contribution in [0.25, 0.3) is 0 Å². The minimum absolute atomic E-state index is 0.0418. The van der Waals surface area contributed by atoms with Gasteiger partial charge < -0.3 is 0 Å². The lowest BCUT2D eigenvalue weighted by atomic mass is 10.1. The van der Waals surface area contributed by atoms with E-state index < -0.39 is 0 Å². The summed E-state index contributed by atoms with van der Waals surface area (Å²) in [7, 11) is 0. The largest absolute Gasteiger partial charge is 0.297 e. The van der Waals surface area contributed by atoms with Gasteiger partial charge in [-0.2, -0.15) is 0 Å². The van der Waals surface area contributed by atoms with Gasteiger partial charge in [0.2, 0.25) is 0 Å². The quantitative estimate of drug-likeness (QED) is 0.435. The molecule has 2 nitrogen and oxygen atoms in total. The van der Waals surface area contributed by atoms with E-state index in [0.29, 0.717) is 0 Å². The number of aliphatic imine (C=N–C) groups is 1. The van der Waals surface area contributed by atoms with E-state index in [-0.39, 0.29) is 11.8 Å². The van der Waals surface area contributed by atoms with Crippen LogP contribution in [0.5, 0.6) is 0 Å². The summed E-state index contributed by atoms with van der Waals surface area (Å²) in [6.07, 6.45) is 4.96. The average molecular weight is 151 g/mol. The van der Waals surface area contributed by atoms with Crippen LogP contribution in [0, 0.1) is 0 Å². The van der Waals surface area contributed by atoms with Crippen LogP contribution in [0.15, 0.2) is 17.6 Å². The highest BCUT2D eigenvalue weighted by Gasteiger charge is 2.30. The average Bonchev–Trinajstić information content (AvgIpc) is 2.68. The zero-order chi connectivity index (χ0) is 8.27. The molecule has 0 saturated carbocycles. The smallest absolute Gasteiger partial charge is 0.159 e. The van der Waals surface area contributed by atoms with Crippen molar-refractivity contribution in [3.8, 4) is 0 Å². The third-order valence-corrected chi connectivity index (χ3v) is 1.77. The van der Waals surface area contributed by atoms with Crippen molar-refractivity contribution in [1.29, 1.82) is 0 Å². The van der Waals surface area contributed by atoms with Crippen LogP contribution in [-0.2, 0) is 4.79 Å². The lowest BCUT2D eigenvalue weighted by molar-refractivity contribution is -0.116. The lowest BCUT2D eigenvalue weighted by Crippen LogP contribution is -2.07. The highest BCUT2D eigenvalue weighted by molar-refractivity contribution is 6.17. The fourth-order valence-corrected chi connectivity index (χ4v) is 1.08. The molecule has 0 spiro atoms. The Balaban J connectivity index is 2.08. The number of hydrogen-bond acceptors (Lipinski definition) is 2. The molecule has 1 unspecified atom stereocenters. The van der Waals surface area contributed by atoms with Crippen LogP contribution >= 0.6 is 0 Å². The molecule has 1 atom stereocenters. The zero-order valence-electron chi connectivity index (χ0n) is 6.84. The Morgan fingerprint density at radius 2 is 2.55 bits per heavy atom. The molecule has 60 valence electrons. The van der Waals surface area contributed by atoms with Gasteiger partial charge in [0, 0.05) is 5.71 Å². The Morgan fingerprint density at radius 1 is 1.82 bits per heavy atom. The van der Waals surface area contributed by atoms with Gasteiger partial charge in [0.15, 0.2) is 5.78 Å². The van der Waals surface area contributed by atoms with Gasteiger partial charge in [-0.15, -0.1) is 6.58 Å². The van der Waals surface area contributed by atoms with Crippen LogP contribution in [0.3, 0.4) is 0 Å². The number of carbonyl (C=O) groups excluding carboxylic acids is 1. The second-order valence-corrected chi connectivity index (χ2v) is 2.81. The first-order chi connectivity index (χ1) is 5.25. The van der Waals surface area contributed by atoms with E-state index >= 15 is 0 Å². The first-order valence-corrected chi connectivity index (χ1v) is 3.93. The number of Topliss-reactive ketones (excluding diaryl/α,β-unsaturated/α-hetero) is 1. The molecule has 0 aliphatic carbocycles. The summed E-state index contributed by atoms with van der Waals surface area (Å²) in [5.41, 5.74) is 1.08. The topological polar surface area (TPSA) is 29.4 Å². The minimum Gasteiger partial charge on any atom is -0.297 e. The SMILES string of the molecule is C=CCCCC1=NC1C(C)=O. The molecule has 1 rings (SSSR count). The van der Waals surface area contributed by atoms with E-state index in [1.54, 1.807) is 6.92 Å². The maximum Gasteiger partial charge on any atom is 0.159 e. The van der Waals surface area contributed by atoms with Gasteiger partial charge in [-0.3, -0.25) is 9.79 Å². The lowest BCUT2D eigenvalue weighted by Gasteiger charge is -1.89. The standard InChI is InChI=1S/C9H13NO/c1-3-4-5-6-8-9(10-8)7(2)11/h3,9H,1,4-6H2,2H3. The van der Waals surface area contributed by atoms with Crippen molar-refractivity contribution < 1.29 is 4.79 Å². The van der Waals surface area contributed by atoms with Crippen molar-refractivity contribution in [2.45, 2.75) is 32.2 Å². The molecule has 0 aromatic heterocycles. The van der Waals surface area contributed by atoms with E-state index in [0.717, 1.165) is 25.0 Å². The fourth-order valence-electron chi connectivity index (χ4n) is 1.08. The van der Waals surface area contributed by atoms with Gasteiger partial charge in [-0.1, -0.05) is 6.08 Å². The molecule has 0 saturated heterocycles. The normalized spacial score (nSPS) is 20.8. The van der Waals surface area contributed by atoms with E-state index in [4.69, 9.17) is 0 Å². The van der Waals surface area contributed by atoms with Crippen LogP contribution in [0.4, 0.5) is 0 Å². The molecule has 1 heterocycles. The predicted molar refractivity (Wildman–Crippen MR) is 46.0 cm³/mol. The van der Waals surface area contributed by atoms with Crippen molar-refractivity contribution in [2.24, 2.45) is 4.99 Å². The van der Waals surface area contributed by atoms with Crippen LogP contribution in [-0.4, -0.2) is 17.5 Å². The monoisotopic (exact) mass is 151 g/mol. The number of nitrogens with zero attached hydrogens (tertiary/aromatic N) is 1. The summed E-state index contributed by atoms with van der Waals surface area (Å²) in [6, 6.07) is -0.0418. The second kappa shape index (κ2) is 3.46. The molecular weight excluding hydrogens is 138 g/mol. The first-order valence-electron chi connectivity index (χ1n) is 3.93. The Hall–Kier alpha value is -0.920. The highest BCUT2D eigenvalue weighted by Crippen LogP contribution is 2.18. The number of rotatable bonds is 5. The van der Waals surface area contributed by atoms with Crippen LogP contribution in [0.2, 0.25) is 0 Å². The molecule has 0 bridgehead atoms. The minimum atomic E-state index is -0.0418. The van der Waals surface area contributed by atoms with Gasteiger partial charge in [0.25, 0.3) is 0 Å². The predicted octanol–water partition coefficient (Wildman–Crippen LogP) is 1.75. The molecule has 0 aromatic rings. The Morgan fingerprint density at radius 3 is 3.00 bits per heavy atom. The van der Waals surface area contributed by atoms with Crippen molar-refractivity contribution >= 4 is 11.5 Å². The zero-order valence-corrected chi connectivity index (χ0v) is 6.84. The van der Waals surface area contributed by atoms with E-state index in [1.165, 1.54) is 0 Å². The molecule has 0 radical (unpaired) electrons. The molecule has 11 heavy (non-hydrogen) atoms. The first kappa shape index (κ1) is 8.18. The van der Waals surface area contributed by atoms with Gasteiger partial charge in [-0.05, 0) is 26.2 Å². The summed E-state index contributed by atoms with van der Waals surface area (Å²) in [5, 5.41) is 0. The molecule has 0 fully saturated rings. The van der Waals surface area contributed by atoms with Crippen LogP contribution < -0.4 is 0 Å². The van der Waals surface area contributed by atoms with Crippen molar-refractivity contribution in [3.63, 3.8) is 0 Å². The van der Waals surface area contributed by atoms with Gasteiger partial charge in [0.05, 0.1) is 0 Å².